The zero-order chi connectivity index (χ0) is 19.6. The van der Waals surface area contributed by atoms with E-state index in [-0.39, 0.29) is 42.0 Å². The quantitative estimate of drug-likeness (QED) is 0.493. The predicted molar refractivity (Wildman–Crippen MR) is 104 cm³/mol. The highest BCUT2D eigenvalue weighted by Crippen LogP contribution is 2.66. The third kappa shape index (κ3) is 3.35. The number of amides is 3. The zero-order valence-corrected chi connectivity index (χ0v) is 17.0. The molecule has 27 heavy (non-hydrogen) atoms. The number of nitrogens with one attached hydrogen (secondary N) is 2. The number of fused-ring (bicyclic) bond motifs is 1. The molecule has 3 fully saturated rings. The van der Waals surface area contributed by atoms with Gasteiger partial charge in [-0.2, -0.15) is 0 Å². The SMILES string of the molecule is CCCCNC(=O)C1N(CCO)C(=O)[C@@H]2[C@H](C(=O)NCCC)[C@@H]3CCC12S3. The van der Waals surface area contributed by atoms with Crippen molar-refractivity contribution in [3.05, 3.63) is 0 Å². The lowest BCUT2D eigenvalue weighted by Gasteiger charge is -2.34. The van der Waals surface area contributed by atoms with Crippen LogP contribution in [0.1, 0.15) is 46.0 Å². The van der Waals surface area contributed by atoms with E-state index in [1.165, 1.54) is 4.90 Å². The molecule has 3 amide bonds. The first-order valence-corrected chi connectivity index (χ1v) is 11.0. The molecule has 8 heteroatoms. The van der Waals surface area contributed by atoms with Gasteiger partial charge in [0, 0.05) is 24.9 Å². The zero-order valence-electron chi connectivity index (χ0n) is 16.2. The summed E-state index contributed by atoms with van der Waals surface area (Å²) in [6, 6.07) is -0.599. The van der Waals surface area contributed by atoms with E-state index in [1.54, 1.807) is 11.8 Å². The molecule has 0 saturated carbocycles. The predicted octanol–water partition coefficient (Wildman–Crippen LogP) is 0.512. The van der Waals surface area contributed by atoms with Gasteiger partial charge in [0.2, 0.25) is 17.7 Å². The number of unbranched alkanes of at least 4 members (excludes halogenated alkanes) is 1. The van der Waals surface area contributed by atoms with Crippen LogP contribution in [0.5, 0.6) is 0 Å². The van der Waals surface area contributed by atoms with Gasteiger partial charge in [0.15, 0.2) is 0 Å². The average Bonchev–Trinajstić information content (AvgIpc) is 3.28. The summed E-state index contributed by atoms with van der Waals surface area (Å²) < 4.78 is -0.540. The number of aliphatic hydroxyl groups excluding tert-OH is 1. The van der Waals surface area contributed by atoms with Crippen LogP contribution in [-0.4, -0.2) is 70.0 Å². The first-order chi connectivity index (χ1) is 13.0. The minimum atomic E-state index is -0.599. The molecular formula is C19H31N3O4S. The molecule has 0 radical (unpaired) electrons. The van der Waals surface area contributed by atoms with Crippen molar-refractivity contribution < 1.29 is 19.5 Å². The number of carbonyl (C=O) groups excluding carboxylic acids is 3. The second-order valence-electron chi connectivity index (χ2n) is 7.75. The van der Waals surface area contributed by atoms with Crippen LogP contribution in [0.3, 0.4) is 0 Å². The first-order valence-electron chi connectivity index (χ1n) is 10.2. The molecule has 0 aliphatic carbocycles. The van der Waals surface area contributed by atoms with Gasteiger partial charge in [0.25, 0.3) is 0 Å². The summed E-state index contributed by atoms with van der Waals surface area (Å²) in [5.41, 5.74) is 0. The molecule has 3 rings (SSSR count). The van der Waals surface area contributed by atoms with Gasteiger partial charge >= 0.3 is 0 Å². The molecule has 0 aromatic rings. The van der Waals surface area contributed by atoms with Crippen LogP contribution in [0.15, 0.2) is 0 Å². The molecule has 3 aliphatic rings. The van der Waals surface area contributed by atoms with E-state index in [9.17, 15) is 19.5 Å². The number of likely N-dealkylation sites (tertiary alicyclic amines) is 1. The molecule has 152 valence electrons. The Labute approximate surface area is 165 Å². The summed E-state index contributed by atoms with van der Waals surface area (Å²) in [6.45, 7) is 5.19. The standard InChI is InChI=1S/C19H31N3O4S/c1-3-5-9-21-17(25)15-19-7-6-12(27-19)13(16(24)20-8-4-2)14(19)18(26)22(15)10-11-23/h12-15,23H,3-11H2,1-2H3,(H,20,24)(H,21,25)/t12-,13+,14-,15?,19?/m0/s1. The van der Waals surface area contributed by atoms with Crippen LogP contribution in [0.2, 0.25) is 0 Å². The molecule has 5 atom stereocenters. The number of β-amino-alcohol motifs (C(OH)–C–C–N with tert-alkyl or cyclic N) is 1. The first kappa shape index (κ1) is 20.5. The van der Waals surface area contributed by atoms with E-state index >= 15 is 0 Å². The number of nitrogens with zero attached hydrogens (tertiary/aromatic N) is 1. The van der Waals surface area contributed by atoms with Gasteiger partial charge in [-0.1, -0.05) is 20.3 Å². The fourth-order valence-corrected chi connectivity index (χ4v) is 7.17. The number of hydrogen-bond donors (Lipinski definition) is 3. The number of thioether (sulfide) groups is 1. The van der Waals surface area contributed by atoms with Crippen molar-refractivity contribution in [1.29, 1.82) is 0 Å². The van der Waals surface area contributed by atoms with E-state index < -0.39 is 16.7 Å². The summed E-state index contributed by atoms with van der Waals surface area (Å²) in [5.74, 6) is -1.20. The van der Waals surface area contributed by atoms with Gasteiger partial charge in [0.05, 0.1) is 23.2 Å². The summed E-state index contributed by atoms with van der Waals surface area (Å²) in [4.78, 5) is 40.6. The second-order valence-corrected chi connectivity index (χ2v) is 9.35. The van der Waals surface area contributed by atoms with Crippen molar-refractivity contribution >= 4 is 29.5 Å². The molecule has 3 N–H and O–H groups in total. The Morgan fingerprint density at radius 1 is 1.22 bits per heavy atom. The molecule has 1 spiro atoms. The summed E-state index contributed by atoms with van der Waals surface area (Å²) in [5, 5.41) is 15.5. The van der Waals surface area contributed by atoms with Crippen molar-refractivity contribution in [2.75, 3.05) is 26.2 Å². The Morgan fingerprint density at radius 3 is 2.63 bits per heavy atom. The van der Waals surface area contributed by atoms with Crippen molar-refractivity contribution in [3.8, 4) is 0 Å². The highest BCUT2D eigenvalue weighted by atomic mass is 32.2. The third-order valence-electron chi connectivity index (χ3n) is 6.07. The van der Waals surface area contributed by atoms with Crippen LogP contribution in [0, 0.1) is 11.8 Å². The third-order valence-corrected chi connectivity index (χ3v) is 8.02. The average molecular weight is 398 g/mol. The van der Waals surface area contributed by atoms with Crippen molar-refractivity contribution in [1.82, 2.24) is 15.5 Å². The van der Waals surface area contributed by atoms with E-state index in [4.69, 9.17) is 0 Å². The largest absolute Gasteiger partial charge is 0.395 e. The van der Waals surface area contributed by atoms with Gasteiger partial charge in [-0.25, -0.2) is 0 Å². The van der Waals surface area contributed by atoms with E-state index in [0.717, 1.165) is 32.1 Å². The lowest BCUT2D eigenvalue weighted by molar-refractivity contribution is -0.140. The fourth-order valence-electron chi connectivity index (χ4n) is 4.95. The lowest BCUT2D eigenvalue weighted by Crippen LogP contribution is -2.54. The minimum absolute atomic E-state index is 0.0646. The van der Waals surface area contributed by atoms with Gasteiger partial charge in [-0.15, -0.1) is 11.8 Å². The molecule has 3 aliphatic heterocycles. The summed E-state index contributed by atoms with van der Waals surface area (Å²) in [6.07, 6.45) is 4.34. The van der Waals surface area contributed by atoms with Crippen LogP contribution in [0.4, 0.5) is 0 Å². The van der Waals surface area contributed by atoms with Gasteiger partial charge < -0.3 is 20.6 Å². The Kier molecular flexibility index (Phi) is 6.35. The normalized spacial score (nSPS) is 34.0. The second kappa shape index (κ2) is 8.39. The Balaban J connectivity index is 1.87. The maximum absolute atomic E-state index is 13.2. The molecule has 0 aromatic carbocycles. The minimum Gasteiger partial charge on any atom is -0.395 e. The number of hydrogen-bond acceptors (Lipinski definition) is 5. The molecular weight excluding hydrogens is 366 g/mol. The van der Waals surface area contributed by atoms with Crippen molar-refractivity contribution in [3.63, 3.8) is 0 Å². The Morgan fingerprint density at radius 2 is 1.96 bits per heavy atom. The number of rotatable bonds is 9. The molecule has 0 aromatic heterocycles. The molecule has 2 bridgehead atoms. The number of carbonyl (C=O) groups is 3. The Bertz CT molecular complexity index is 602. The molecule has 3 heterocycles. The monoisotopic (exact) mass is 397 g/mol. The highest BCUT2D eigenvalue weighted by Gasteiger charge is 2.73. The van der Waals surface area contributed by atoms with Crippen molar-refractivity contribution in [2.45, 2.75) is 62.0 Å². The Hall–Kier alpha value is -1.28. The van der Waals surface area contributed by atoms with Crippen LogP contribution >= 0.6 is 11.8 Å². The van der Waals surface area contributed by atoms with Crippen LogP contribution < -0.4 is 10.6 Å². The van der Waals surface area contributed by atoms with E-state index in [0.29, 0.717) is 13.1 Å². The van der Waals surface area contributed by atoms with E-state index in [1.807, 2.05) is 6.92 Å². The van der Waals surface area contributed by atoms with Crippen LogP contribution in [0.25, 0.3) is 0 Å². The van der Waals surface area contributed by atoms with Gasteiger partial charge in [0.1, 0.15) is 6.04 Å². The maximum Gasteiger partial charge on any atom is 0.244 e. The fraction of sp³-hybridized carbons (Fsp3) is 0.842. The molecule has 7 nitrogen and oxygen atoms in total. The highest BCUT2D eigenvalue weighted by molar-refractivity contribution is 8.02. The summed E-state index contributed by atoms with van der Waals surface area (Å²) in [7, 11) is 0. The number of aliphatic hydroxyl groups is 1. The smallest absolute Gasteiger partial charge is 0.244 e. The maximum atomic E-state index is 13.2. The van der Waals surface area contributed by atoms with Crippen molar-refractivity contribution in [2.24, 2.45) is 11.8 Å². The topological polar surface area (TPSA) is 98.7 Å². The van der Waals surface area contributed by atoms with E-state index in [2.05, 4.69) is 17.6 Å². The molecule has 2 unspecified atom stereocenters. The molecule has 3 saturated heterocycles. The summed E-state index contributed by atoms with van der Waals surface area (Å²) >= 11 is 1.66. The van der Waals surface area contributed by atoms with Crippen LogP contribution in [-0.2, 0) is 14.4 Å². The van der Waals surface area contributed by atoms with Gasteiger partial charge in [-0.05, 0) is 25.7 Å². The van der Waals surface area contributed by atoms with Gasteiger partial charge in [-0.3, -0.25) is 14.4 Å². The lowest BCUT2D eigenvalue weighted by atomic mass is 9.70.